The number of hydrogen-bond donors (Lipinski definition) is 2. The third-order valence-corrected chi connectivity index (χ3v) is 3.88. The Bertz CT molecular complexity index is 820. The number of ether oxygens (including phenoxy) is 1. The van der Waals surface area contributed by atoms with E-state index in [0.717, 1.165) is 12.5 Å². The first-order valence-electron chi connectivity index (χ1n) is 7.89. The predicted octanol–water partition coefficient (Wildman–Crippen LogP) is 2.67. The molecule has 1 atom stereocenters. The lowest BCUT2D eigenvalue weighted by molar-refractivity contribution is -0.140. The number of carbonyl (C=O) groups excluding carboxylic acids is 1. The van der Waals surface area contributed by atoms with Crippen molar-refractivity contribution in [3.63, 3.8) is 0 Å². The molecule has 0 unspecified atom stereocenters. The molecule has 2 aromatic heterocycles. The van der Waals surface area contributed by atoms with Crippen LogP contribution < -0.4 is 15.4 Å². The molecule has 0 saturated carbocycles. The first-order valence-corrected chi connectivity index (χ1v) is 7.89. The van der Waals surface area contributed by atoms with Crippen molar-refractivity contribution in [2.45, 2.75) is 38.5 Å². The SMILES string of the molecule is COc1ccc(NC(=O)N[C@@H]2CCCn3nc(C)nc32)c(C(F)(F)F)n1. The van der Waals surface area contributed by atoms with Gasteiger partial charge < -0.3 is 15.4 Å². The van der Waals surface area contributed by atoms with Crippen molar-refractivity contribution in [3.8, 4) is 5.88 Å². The molecule has 3 heterocycles. The van der Waals surface area contributed by atoms with Crippen molar-refractivity contribution < 1.29 is 22.7 Å². The zero-order valence-corrected chi connectivity index (χ0v) is 14.1. The Morgan fingerprint density at radius 1 is 1.35 bits per heavy atom. The number of halogens is 3. The lowest BCUT2D eigenvalue weighted by Crippen LogP contribution is -2.36. The fourth-order valence-electron chi connectivity index (χ4n) is 2.79. The summed E-state index contributed by atoms with van der Waals surface area (Å²) < 4.78 is 45.9. The van der Waals surface area contributed by atoms with Crippen LogP contribution >= 0.6 is 0 Å². The van der Waals surface area contributed by atoms with Crippen molar-refractivity contribution in [2.75, 3.05) is 12.4 Å². The Morgan fingerprint density at radius 3 is 2.81 bits per heavy atom. The number of rotatable bonds is 3. The fourth-order valence-corrected chi connectivity index (χ4v) is 2.79. The second kappa shape index (κ2) is 6.81. The Kier molecular flexibility index (Phi) is 4.70. The maximum absolute atomic E-state index is 13.2. The number of carbonyl (C=O) groups is 1. The second-order valence-corrected chi connectivity index (χ2v) is 5.78. The van der Waals surface area contributed by atoms with E-state index in [1.807, 2.05) is 0 Å². The minimum atomic E-state index is -4.74. The Labute approximate surface area is 146 Å². The zero-order chi connectivity index (χ0) is 18.9. The fraction of sp³-hybridized carbons (Fsp3) is 0.467. The van der Waals surface area contributed by atoms with Gasteiger partial charge in [0, 0.05) is 12.6 Å². The van der Waals surface area contributed by atoms with E-state index in [1.54, 1.807) is 11.6 Å². The van der Waals surface area contributed by atoms with E-state index < -0.39 is 29.6 Å². The molecule has 0 fully saturated rings. The van der Waals surface area contributed by atoms with Gasteiger partial charge in [-0.2, -0.15) is 18.3 Å². The highest BCUT2D eigenvalue weighted by molar-refractivity contribution is 5.90. The average Bonchev–Trinajstić information content (AvgIpc) is 2.95. The molecule has 11 heteroatoms. The van der Waals surface area contributed by atoms with Crippen LogP contribution in [0.1, 0.15) is 36.2 Å². The second-order valence-electron chi connectivity index (χ2n) is 5.78. The Morgan fingerprint density at radius 2 is 2.12 bits per heavy atom. The highest BCUT2D eigenvalue weighted by Gasteiger charge is 2.37. The monoisotopic (exact) mass is 370 g/mol. The molecule has 0 aliphatic carbocycles. The van der Waals surface area contributed by atoms with Crippen LogP contribution in [0, 0.1) is 6.92 Å². The van der Waals surface area contributed by atoms with Crippen LogP contribution in [0.5, 0.6) is 5.88 Å². The van der Waals surface area contributed by atoms with Crippen molar-refractivity contribution in [1.82, 2.24) is 25.1 Å². The number of pyridine rings is 1. The topological polar surface area (TPSA) is 94.0 Å². The number of amides is 2. The first kappa shape index (κ1) is 18.0. The van der Waals surface area contributed by atoms with Gasteiger partial charge in [-0.15, -0.1) is 0 Å². The van der Waals surface area contributed by atoms with Gasteiger partial charge in [-0.25, -0.2) is 19.4 Å². The maximum Gasteiger partial charge on any atom is 0.435 e. The maximum atomic E-state index is 13.2. The summed E-state index contributed by atoms with van der Waals surface area (Å²) in [6, 6.07) is 1.14. The number of alkyl halides is 3. The van der Waals surface area contributed by atoms with Crippen LogP contribution in [0.3, 0.4) is 0 Å². The van der Waals surface area contributed by atoms with Gasteiger partial charge in [0.1, 0.15) is 11.6 Å². The minimum Gasteiger partial charge on any atom is -0.481 e. The summed E-state index contributed by atoms with van der Waals surface area (Å²) in [5.41, 5.74) is -1.68. The average molecular weight is 370 g/mol. The van der Waals surface area contributed by atoms with Gasteiger partial charge in [0.2, 0.25) is 5.88 Å². The molecule has 2 amide bonds. The van der Waals surface area contributed by atoms with Gasteiger partial charge in [0.25, 0.3) is 0 Å². The predicted molar refractivity (Wildman–Crippen MR) is 84.7 cm³/mol. The van der Waals surface area contributed by atoms with Crippen LogP contribution in [0.2, 0.25) is 0 Å². The van der Waals surface area contributed by atoms with Gasteiger partial charge in [-0.05, 0) is 25.8 Å². The number of anilines is 1. The van der Waals surface area contributed by atoms with Crippen molar-refractivity contribution >= 4 is 11.7 Å². The third-order valence-electron chi connectivity index (χ3n) is 3.88. The molecule has 1 aliphatic heterocycles. The molecular weight excluding hydrogens is 353 g/mol. The van der Waals surface area contributed by atoms with E-state index in [9.17, 15) is 18.0 Å². The zero-order valence-electron chi connectivity index (χ0n) is 14.1. The Balaban J connectivity index is 1.77. The number of aryl methyl sites for hydroxylation is 2. The van der Waals surface area contributed by atoms with Gasteiger partial charge in [0.15, 0.2) is 5.69 Å². The summed E-state index contributed by atoms with van der Waals surface area (Å²) >= 11 is 0. The first-order chi connectivity index (χ1) is 12.3. The van der Waals surface area contributed by atoms with Crippen LogP contribution in [-0.4, -0.2) is 32.9 Å². The molecule has 0 spiro atoms. The summed E-state index contributed by atoms with van der Waals surface area (Å²) in [6.07, 6.45) is -3.34. The Hall–Kier alpha value is -2.85. The van der Waals surface area contributed by atoms with Crippen LogP contribution in [0.4, 0.5) is 23.7 Å². The number of aromatic nitrogens is 4. The van der Waals surface area contributed by atoms with Gasteiger partial charge in [-0.3, -0.25) is 0 Å². The van der Waals surface area contributed by atoms with E-state index >= 15 is 0 Å². The van der Waals surface area contributed by atoms with Gasteiger partial charge in [0.05, 0.1) is 18.8 Å². The van der Waals surface area contributed by atoms with Crippen LogP contribution in [-0.2, 0) is 12.7 Å². The molecule has 2 N–H and O–H groups in total. The van der Waals surface area contributed by atoms with E-state index in [1.165, 1.54) is 13.2 Å². The number of nitrogens with zero attached hydrogens (tertiary/aromatic N) is 4. The minimum absolute atomic E-state index is 0.195. The molecule has 0 saturated heterocycles. The molecular formula is C15H17F3N6O2. The van der Waals surface area contributed by atoms with Crippen LogP contribution in [0.15, 0.2) is 12.1 Å². The molecule has 2 aromatic rings. The molecule has 26 heavy (non-hydrogen) atoms. The van der Waals surface area contributed by atoms with Crippen molar-refractivity contribution in [2.24, 2.45) is 0 Å². The van der Waals surface area contributed by atoms with E-state index in [-0.39, 0.29) is 5.88 Å². The highest BCUT2D eigenvalue weighted by Crippen LogP contribution is 2.34. The molecule has 8 nitrogen and oxygen atoms in total. The van der Waals surface area contributed by atoms with E-state index in [2.05, 4.69) is 25.7 Å². The lowest BCUT2D eigenvalue weighted by atomic mass is 10.1. The largest absolute Gasteiger partial charge is 0.481 e. The highest BCUT2D eigenvalue weighted by atomic mass is 19.4. The normalized spacial score (nSPS) is 16.7. The molecule has 1 aliphatic rings. The summed E-state index contributed by atoms with van der Waals surface area (Å²) in [6.45, 7) is 2.43. The third kappa shape index (κ3) is 3.70. The standard InChI is InChI=1S/C15H17F3N6O2/c1-8-19-13-10(4-3-7-24(13)23-8)21-14(25)20-9-5-6-11(26-2)22-12(9)15(16,17)18/h5-6,10H,3-4,7H2,1-2H3,(H2,20,21,25)/t10-/m1/s1. The smallest absolute Gasteiger partial charge is 0.435 e. The van der Waals surface area contributed by atoms with Gasteiger partial charge >= 0.3 is 12.2 Å². The van der Waals surface area contributed by atoms with Gasteiger partial charge in [-0.1, -0.05) is 0 Å². The summed E-state index contributed by atoms with van der Waals surface area (Å²) in [5, 5.41) is 9.07. The van der Waals surface area contributed by atoms with Crippen LogP contribution in [0.25, 0.3) is 0 Å². The number of hydrogen-bond acceptors (Lipinski definition) is 5. The molecule has 0 radical (unpaired) electrons. The van der Waals surface area contributed by atoms with E-state index in [4.69, 9.17) is 4.74 Å². The number of nitrogens with one attached hydrogen (secondary N) is 2. The summed E-state index contributed by atoms with van der Waals surface area (Å²) in [5.74, 6) is 0.972. The molecule has 140 valence electrons. The number of fused-ring (bicyclic) bond motifs is 1. The molecule has 0 aromatic carbocycles. The lowest BCUT2D eigenvalue weighted by Gasteiger charge is -2.23. The quantitative estimate of drug-likeness (QED) is 0.866. The molecule has 3 rings (SSSR count). The van der Waals surface area contributed by atoms with Crippen molar-refractivity contribution in [1.29, 1.82) is 0 Å². The summed E-state index contributed by atoms with van der Waals surface area (Å²) in [7, 11) is 1.21. The molecule has 0 bridgehead atoms. The number of urea groups is 1. The number of methoxy groups -OCH3 is 1. The van der Waals surface area contributed by atoms with E-state index in [0.29, 0.717) is 24.6 Å². The van der Waals surface area contributed by atoms with Crippen molar-refractivity contribution in [3.05, 3.63) is 29.5 Å². The summed E-state index contributed by atoms with van der Waals surface area (Å²) in [4.78, 5) is 19.9.